The molecular weight excluding hydrogens is 422 g/mol. The lowest BCUT2D eigenvalue weighted by Gasteiger charge is -2.13. The van der Waals surface area contributed by atoms with E-state index in [0.29, 0.717) is 11.2 Å². The fourth-order valence-electron chi connectivity index (χ4n) is 3.61. The Bertz CT molecular complexity index is 1330. The van der Waals surface area contributed by atoms with E-state index < -0.39 is 0 Å². The summed E-state index contributed by atoms with van der Waals surface area (Å²) >= 11 is 1.58. The van der Waals surface area contributed by atoms with E-state index in [1.54, 1.807) is 16.3 Å². The van der Waals surface area contributed by atoms with Gasteiger partial charge in [-0.05, 0) is 43.5 Å². The molecule has 1 atom stereocenters. The van der Waals surface area contributed by atoms with E-state index in [1.807, 2.05) is 54.6 Å². The number of nitrogens with one attached hydrogen (secondary N) is 1. The van der Waals surface area contributed by atoms with Gasteiger partial charge in [-0.25, -0.2) is 0 Å². The van der Waals surface area contributed by atoms with Crippen LogP contribution in [0.1, 0.15) is 37.8 Å². The van der Waals surface area contributed by atoms with Crippen LogP contribution in [0.15, 0.2) is 58.5 Å². The van der Waals surface area contributed by atoms with Gasteiger partial charge in [0.05, 0.1) is 10.9 Å². The topological polar surface area (TPSA) is 81.3 Å². The molecule has 32 heavy (non-hydrogen) atoms. The second-order valence-electron chi connectivity index (χ2n) is 7.93. The minimum atomic E-state index is -0.160. The third-order valence-electron chi connectivity index (χ3n) is 5.68. The van der Waals surface area contributed by atoms with Crippen molar-refractivity contribution in [3.63, 3.8) is 0 Å². The molecule has 8 heteroatoms. The van der Waals surface area contributed by atoms with Gasteiger partial charge in [0.2, 0.25) is 11.7 Å². The van der Waals surface area contributed by atoms with Crippen LogP contribution in [0, 0.1) is 6.92 Å². The van der Waals surface area contributed by atoms with E-state index in [9.17, 15) is 9.59 Å². The zero-order valence-corrected chi connectivity index (χ0v) is 19.4. The summed E-state index contributed by atoms with van der Waals surface area (Å²) in [4.78, 5) is 25.5. The van der Waals surface area contributed by atoms with Gasteiger partial charge in [-0.2, -0.15) is 0 Å². The van der Waals surface area contributed by atoms with Gasteiger partial charge in [-0.3, -0.25) is 18.6 Å². The van der Waals surface area contributed by atoms with Gasteiger partial charge < -0.3 is 5.32 Å². The summed E-state index contributed by atoms with van der Waals surface area (Å²) in [5.74, 6) is 1.13. The van der Waals surface area contributed by atoms with Crippen molar-refractivity contribution >= 4 is 34.3 Å². The lowest BCUT2D eigenvalue weighted by atomic mass is 10.1. The summed E-state index contributed by atoms with van der Waals surface area (Å²) in [6.07, 6.45) is 1.06. The lowest BCUT2D eigenvalue weighted by molar-refractivity contribution is -0.121. The predicted molar refractivity (Wildman–Crippen MR) is 128 cm³/mol. The van der Waals surface area contributed by atoms with Crippen LogP contribution in [-0.2, 0) is 17.1 Å². The molecule has 0 aliphatic carbocycles. The Kier molecular flexibility index (Phi) is 6.60. The number of amides is 1. The first-order chi connectivity index (χ1) is 15.5. The van der Waals surface area contributed by atoms with E-state index >= 15 is 0 Å². The number of fused-ring (bicyclic) bond motifs is 3. The Morgan fingerprint density at radius 2 is 1.88 bits per heavy atom. The Labute approximate surface area is 190 Å². The van der Waals surface area contributed by atoms with Crippen molar-refractivity contribution in [2.45, 2.75) is 57.1 Å². The SMILES string of the molecule is CC[C@H](C)NC(=O)CCn1c(=O)c2ccccc2n2c(SCc3ccccc3C)nnc12. The molecule has 0 fully saturated rings. The van der Waals surface area contributed by atoms with Crippen molar-refractivity contribution in [1.29, 1.82) is 0 Å². The van der Waals surface area contributed by atoms with Crippen molar-refractivity contribution in [1.82, 2.24) is 24.5 Å². The predicted octanol–water partition coefficient (Wildman–Crippen LogP) is 3.95. The molecule has 2 aromatic heterocycles. The van der Waals surface area contributed by atoms with Gasteiger partial charge in [-0.1, -0.05) is 55.1 Å². The Hall–Kier alpha value is -3.13. The standard InChI is InChI=1S/C24H27N5O2S/c1-4-17(3)25-21(30)13-14-28-22(31)19-11-7-8-12-20(19)29-23(28)26-27-24(29)32-15-18-10-6-5-9-16(18)2/h5-12,17H,4,13-15H2,1-3H3,(H,25,30)/t17-/m0/s1. The van der Waals surface area contributed by atoms with Crippen molar-refractivity contribution in [3.8, 4) is 0 Å². The molecule has 1 N–H and O–H groups in total. The van der Waals surface area contributed by atoms with Crippen LogP contribution in [0.25, 0.3) is 16.7 Å². The van der Waals surface area contributed by atoms with Gasteiger partial charge in [0, 0.05) is 24.8 Å². The van der Waals surface area contributed by atoms with Crippen LogP contribution in [-0.4, -0.2) is 31.1 Å². The van der Waals surface area contributed by atoms with Crippen LogP contribution < -0.4 is 10.9 Å². The van der Waals surface area contributed by atoms with Crippen LogP contribution in [0.5, 0.6) is 0 Å². The Balaban J connectivity index is 1.71. The third kappa shape index (κ3) is 4.41. The second-order valence-corrected chi connectivity index (χ2v) is 8.88. The molecule has 0 aliphatic heterocycles. The van der Waals surface area contributed by atoms with Crippen LogP contribution in [0.3, 0.4) is 0 Å². The highest BCUT2D eigenvalue weighted by molar-refractivity contribution is 7.98. The molecule has 1 amide bonds. The molecule has 0 bridgehead atoms. The monoisotopic (exact) mass is 449 g/mol. The summed E-state index contributed by atoms with van der Waals surface area (Å²) in [5.41, 5.74) is 3.06. The number of benzene rings is 2. The van der Waals surface area contributed by atoms with Crippen molar-refractivity contribution in [2.24, 2.45) is 0 Å². The van der Waals surface area contributed by atoms with Crippen LogP contribution in [0.2, 0.25) is 0 Å². The second kappa shape index (κ2) is 9.56. The first-order valence-corrected chi connectivity index (χ1v) is 11.8. The minimum Gasteiger partial charge on any atom is -0.354 e. The summed E-state index contributed by atoms with van der Waals surface area (Å²) in [6, 6.07) is 15.8. The Morgan fingerprint density at radius 1 is 1.12 bits per heavy atom. The maximum atomic E-state index is 13.2. The quantitative estimate of drug-likeness (QED) is 0.412. The van der Waals surface area contributed by atoms with Gasteiger partial charge >= 0.3 is 0 Å². The molecule has 7 nitrogen and oxygen atoms in total. The smallest absolute Gasteiger partial charge is 0.262 e. The molecular formula is C24H27N5O2S. The molecule has 0 spiro atoms. The van der Waals surface area contributed by atoms with E-state index in [0.717, 1.165) is 22.8 Å². The maximum Gasteiger partial charge on any atom is 0.262 e. The molecule has 4 rings (SSSR count). The number of rotatable bonds is 8. The maximum absolute atomic E-state index is 13.2. The molecule has 0 saturated carbocycles. The zero-order chi connectivity index (χ0) is 22.7. The Morgan fingerprint density at radius 3 is 2.66 bits per heavy atom. The number of nitrogens with zero attached hydrogens (tertiary/aromatic N) is 4. The minimum absolute atomic E-state index is 0.0776. The molecule has 0 radical (unpaired) electrons. The summed E-state index contributed by atoms with van der Waals surface area (Å²) in [7, 11) is 0. The third-order valence-corrected chi connectivity index (χ3v) is 6.66. The number of carbonyl (C=O) groups is 1. The highest BCUT2D eigenvalue weighted by atomic mass is 32.2. The summed E-state index contributed by atoms with van der Waals surface area (Å²) in [5, 5.41) is 13.0. The first kappa shape index (κ1) is 22.1. The number of aryl methyl sites for hydroxylation is 2. The molecule has 0 aliphatic rings. The number of hydrogen-bond acceptors (Lipinski definition) is 5. The summed E-state index contributed by atoms with van der Waals surface area (Å²) < 4.78 is 3.48. The first-order valence-electron chi connectivity index (χ1n) is 10.8. The van der Waals surface area contributed by atoms with E-state index in [-0.39, 0.29) is 30.5 Å². The number of carbonyl (C=O) groups excluding carboxylic acids is 1. The number of aromatic nitrogens is 4. The van der Waals surface area contributed by atoms with Gasteiger partial charge in [-0.15, -0.1) is 10.2 Å². The number of para-hydroxylation sites is 1. The zero-order valence-electron chi connectivity index (χ0n) is 18.5. The van der Waals surface area contributed by atoms with Crippen LogP contribution >= 0.6 is 11.8 Å². The molecule has 0 unspecified atom stereocenters. The van der Waals surface area contributed by atoms with Crippen molar-refractivity contribution in [2.75, 3.05) is 0 Å². The molecule has 166 valence electrons. The van der Waals surface area contributed by atoms with Gasteiger partial charge in [0.1, 0.15) is 0 Å². The van der Waals surface area contributed by atoms with Crippen molar-refractivity contribution < 1.29 is 4.79 Å². The number of thioether (sulfide) groups is 1. The normalized spacial score (nSPS) is 12.3. The molecule has 2 aromatic carbocycles. The fraction of sp³-hybridized carbons (Fsp3) is 0.333. The average Bonchev–Trinajstić information content (AvgIpc) is 3.22. The average molecular weight is 450 g/mol. The van der Waals surface area contributed by atoms with Crippen LogP contribution in [0.4, 0.5) is 0 Å². The van der Waals surface area contributed by atoms with Gasteiger partial charge in [0.15, 0.2) is 5.16 Å². The fourth-order valence-corrected chi connectivity index (χ4v) is 4.62. The van der Waals surface area contributed by atoms with E-state index in [4.69, 9.17) is 0 Å². The number of hydrogen-bond donors (Lipinski definition) is 1. The van der Waals surface area contributed by atoms with Gasteiger partial charge in [0.25, 0.3) is 5.56 Å². The van der Waals surface area contributed by atoms with E-state index in [1.165, 1.54) is 11.1 Å². The molecule has 0 saturated heterocycles. The lowest BCUT2D eigenvalue weighted by Crippen LogP contribution is -2.33. The summed E-state index contributed by atoms with van der Waals surface area (Å²) in [6.45, 7) is 6.33. The van der Waals surface area contributed by atoms with E-state index in [2.05, 4.69) is 34.6 Å². The highest BCUT2D eigenvalue weighted by Crippen LogP contribution is 2.25. The largest absolute Gasteiger partial charge is 0.354 e. The molecule has 2 heterocycles. The highest BCUT2D eigenvalue weighted by Gasteiger charge is 2.18. The van der Waals surface area contributed by atoms with Crippen molar-refractivity contribution in [3.05, 3.63) is 70.0 Å². The molecule has 4 aromatic rings.